The summed E-state index contributed by atoms with van der Waals surface area (Å²) in [6.45, 7) is 7.99. The summed E-state index contributed by atoms with van der Waals surface area (Å²) in [5.74, 6) is 0.0128. The molecule has 1 aliphatic carbocycles. The molecule has 1 aromatic carbocycles. The summed E-state index contributed by atoms with van der Waals surface area (Å²) in [7, 11) is 0. The predicted molar refractivity (Wildman–Crippen MR) is 136 cm³/mol. The normalized spacial score (nSPS) is 21.0. The number of anilines is 1. The molecule has 1 aromatic heterocycles. The number of nitrogens with two attached hydrogens (primary N) is 2. The SMILES string of the molecule is Cc1nn(-c2ccc(C(N)=O)c(N[C@H]3CCN(C(=O)CN)C3)c2)c2c1C(=O)N(CC1CC1)C(C)(C)C2. The van der Waals surface area contributed by atoms with E-state index in [9.17, 15) is 14.4 Å². The topological polar surface area (TPSA) is 140 Å². The molecule has 1 saturated carbocycles. The fourth-order valence-electron chi connectivity index (χ4n) is 5.49. The van der Waals surface area contributed by atoms with Crippen LogP contribution in [0.15, 0.2) is 18.2 Å². The smallest absolute Gasteiger partial charge is 0.258 e. The Morgan fingerprint density at radius 1 is 1.22 bits per heavy atom. The molecule has 36 heavy (non-hydrogen) atoms. The summed E-state index contributed by atoms with van der Waals surface area (Å²) in [5, 5.41) is 8.17. The molecule has 0 spiro atoms. The average Bonchev–Trinajstić information content (AvgIpc) is 3.44. The first-order valence-electron chi connectivity index (χ1n) is 12.7. The lowest BCUT2D eigenvalue weighted by molar-refractivity contribution is -0.128. The third-order valence-electron chi connectivity index (χ3n) is 7.67. The number of primary amides is 1. The molecule has 1 saturated heterocycles. The quantitative estimate of drug-likeness (QED) is 0.533. The van der Waals surface area contributed by atoms with Crippen molar-refractivity contribution in [2.45, 2.75) is 58.0 Å². The van der Waals surface area contributed by atoms with E-state index in [0.717, 1.165) is 24.3 Å². The second-order valence-electron chi connectivity index (χ2n) is 10.9. The van der Waals surface area contributed by atoms with Crippen molar-refractivity contribution in [3.05, 3.63) is 40.7 Å². The van der Waals surface area contributed by atoms with Gasteiger partial charge in [0, 0.05) is 43.3 Å². The molecule has 1 atom stereocenters. The van der Waals surface area contributed by atoms with Gasteiger partial charge in [-0.1, -0.05) is 0 Å². The van der Waals surface area contributed by atoms with E-state index >= 15 is 0 Å². The molecule has 192 valence electrons. The molecule has 5 N–H and O–H groups in total. The van der Waals surface area contributed by atoms with Crippen molar-refractivity contribution >= 4 is 23.4 Å². The van der Waals surface area contributed by atoms with E-state index in [1.165, 1.54) is 12.8 Å². The van der Waals surface area contributed by atoms with Gasteiger partial charge in [-0.3, -0.25) is 14.4 Å². The average molecular weight is 494 g/mol. The Morgan fingerprint density at radius 2 is 1.97 bits per heavy atom. The maximum Gasteiger partial charge on any atom is 0.258 e. The molecule has 10 nitrogen and oxygen atoms in total. The first-order valence-corrected chi connectivity index (χ1v) is 12.7. The van der Waals surface area contributed by atoms with Crippen LogP contribution in [0.3, 0.4) is 0 Å². The number of aryl methyl sites for hydroxylation is 1. The van der Waals surface area contributed by atoms with Crippen molar-refractivity contribution in [3.63, 3.8) is 0 Å². The highest BCUT2D eigenvalue weighted by atomic mass is 16.2. The van der Waals surface area contributed by atoms with Crippen LogP contribution in [0.4, 0.5) is 5.69 Å². The Kier molecular flexibility index (Phi) is 6.02. The fourth-order valence-corrected chi connectivity index (χ4v) is 5.49. The van der Waals surface area contributed by atoms with Gasteiger partial charge in [0.2, 0.25) is 5.91 Å². The number of carbonyl (C=O) groups is 3. The minimum Gasteiger partial charge on any atom is -0.380 e. The van der Waals surface area contributed by atoms with Crippen molar-refractivity contribution < 1.29 is 14.4 Å². The van der Waals surface area contributed by atoms with Crippen LogP contribution in [-0.4, -0.2) is 75.1 Å². The third-order valence-corrected chi connectivity index (χ3v) is 7.67. The number of nitrogens with one attached hydrogen (secondary N) is 1. The Morgan fingerprint density at radius 3 is 2.64 bits per heavy atom. The maximum atomic E-state index is 13.6. The first-order chi connectivity index (χ1) is 17.1. The van der Waals surface area contributed by atoms with Crippen molar-refractivity contribution in [1.82, 2.24) is 19.6 Å². The first kappa shape index (κ1) is 24.3. The van der Waals surface area contributed by atoms with Crippen LogP contribution < -0.4 is 16.8 Å². The van der Waals surface area contributed by atoms with E-state index in [-0.39, 0.29) is 29.9 Å². The van der Waals surface area contributed by atoms with Crippen molar-refractivity contribution in [2.24, 2.45) is 17.4 Å². The molecule has 2 aliphatic heterocycles. The highest BCUT2D eigenvalue weighted by Gasteiger charge is 2.43. The zero-order valence-corrected chi connectivity index (χ0v) is 21.2. The lowest BCUT2D eigenvalue weighted by Crippen LogP contribution is -2.53. The van der Waals surface area contributed by atoms with E-state index in [0.29, 0.717) is 47.9 Å². The number of carbonyl (C=O) groups excluding carboxylic acids is 3. The standard InChI is InChI=1S/C26H35N7O3/c1-15-23-21(11-26(2,3)32(25(23)36)13-16-4-5-16)33(30-15)18-6-7-19(24(28)35)20(10-18)29-17-8-9-31(14-17)22(34)12-27/h6-7,10,16-17,29H,4-5,8-9,11-14,27H2,1-3H3,(H2,28,35)/t17-/m0/s1. The van der Waals surface area contributed by atoms with Crippen molar-refractivity contribution in [1.29, 1.82) is 0 Å². The molecule has 0 radical (unpaired) electrons. The Labute approximate surface area is 211 Å². The van der Waals surface area contributed by atoms with Crippen LogP contribution in [0.25, 0.3) is 5.69 Å². The zero-order valence-electron chi connectivity index (χ0n) is 21.2. The van der Waals surface area contributed by atoms with E-state index in [2.05, 4.69) is 19.2 Å². The summed E-state index contributed by atoms with van der Waals surface area (Å²) in [4.78, 5) is 41.5. The molecular weight excluding hydrogens is 458 g/mol. The van der Waals surface area contributed by atoms with E-state index < -0.39 is 5.91 Å². The highest BCUT2D eigenvalue weighted by Crippen LogP contribution is 2.38. The van der Waals surface area contributed by atoms with Crippen LogP contribution in [0.1, 0.15) is 65.2 Å². The van der Waals surface area contributed by atoms with Gasteiger partial charge < -0.3 is 26.6 Å². The third kappa shape index (κ3) is 4.34. The molecule has 2 aromatic rings. The van der Waals surface area contributed by atoms with E-state index in [1.54, 1.807) is 11.0 Å². The van der Waals surface area contributed by atoms with Gasteiger partial charge >= 0.3 is 0 Å². The van der Waals surface area contributed by atoms with Crippen molar-refractivity contribution in [3.8, 4) is 5.69 Å². The molecule has 3 amide bonds. The van der Waals surface area contributed by atoms with Gasteiger partial charge in [-0.15, -0.1) is 0 Å². The number of amides is 3. The monoisotopic (exact) mass is 493 g/mol. The number of hydrogen-bond donors (Lipinski definition) is 3. The maximum absolute atomic E-state index is 13.6. The van der Waals surface area contributed by atoms with E-state index in [4.69, 9.17) is 16.6 Å². The van der Waals surface area contributed by atoms with Gasteiger partial charge in [-0.2, -0.15) is 5.10 Å². The highest BCUT2D eigenvalue weighted by molar-refractivity contribution is 6.00. The van der Waals surface area contributed by atoms with Gasteiger partial charge in [0.25, 0.3) is 11.8 Å². The molecule has 2 fully saturated rings. The second-order valence-corrected chi connectivity index (χ2v) is 10.9. The lowest BCUT2D eigenvalue weighted by atomic mass is 9.87. The van der Waals surface area contributed by atoms with Crippen LogP contribution in [0, 0.1) is 12.8 Å². The molecule has 0 bridgehead atoms. The van der Waals surface area contributed by atoms with Crippen LogP contribution >= 0.6 is 0 Å². The molecule has 10 heteroatoms. The van der Waals surface area contributed by atoms with Gasteiger partial charge in [-0.25, -0.2) is 4.68 Å². The summed E-state index contributed by atoms with van der Waals surface area (Å²) >= 11 is 0. The largest absolute Gasteiger partial charge is 0.380 e. The Balaban J connectivity index is 1.48. The number of nitrogens with zero attached hydrogens (tertiary/aromatic N) is 4. The number of likely N-dealkylation sites (tertiary alicyclic amines) is 1. The van der Waals surface area contributed by atoms with Gasteiger partial charge in [0.1, 0.15) is 0 Å². The van der Waals surface area contributed by atoms with Gasteiger partial charge in [0.05, 0.1) is 34.7 Å². The Bertz CT molecular complexity index is 1230. The minimum absolute atomic E-state index is 0.0222. The molecule has 3 heterocycles. The number of aromatic nitrogens is 2. The van der Waals surface area contributed by atoms with E-state index in [1.807, 2.05) is 28.6 Å². The number of benzene rings is 1. The fraction of sp³-hybridized carbons (Fsp3) is 0.538. The Hall–Kier alpha value is -3.40. The number of fused-ring (bicyclic) bond motifs is 1. The minimum atomic E-state index is -0.539. The second kappa shape index (κ2) is 8.92. The predicted octanol–water partition coefficient (Wildman–Crippen LogP) is 1.44. The van der Waals surface area contributed by atoms with Crippen LogP contribution in [0.5, 0.6) is 0 Å². The van der Waals surface area contributed by atoms with Crippen molar-refractivity contribution in [2.75, 3.05) is 31.5 Å². The summed E-state index contributed by atoms with van der Waals surface area (Å²) in [6.07, 6.45) is 3.79. The van der Waals surface area contributed by atoms with Crippen LogP contribution in [0.2, 0.25) is 0 Å². The van der Waals surface area contributed by atoms with Gasteiger partial charge in [0.15, 0.2) is 0 Å². The molecule has 0 unspecified atom stereocenters. The summed E-state index contributed by atoms with van der Waals surface area (Å²) < 4.78 is 1.83. The molecular formula is C26H35N7O3. The summed E-state index contributed by atoms with van der Waals surface area (Å²) in [6, 6.07) is 5.33. The molecule has 3 aliphatic rings. The number of hydrogen-bond acceptors (Lipinski definition) is 6. The van der Waals surface area contributed by atoms with Crippen LogP contribution in [-0.2, 0) is 11.2 Å². The lowest BCUT2D eigenvalue weighted by Gasteiger charge is -2.42. The van der Waals surface area contributed by atoms with Gasteiger partial charge in [-0.05, 0) is 64.2 Å². The summed E-state index contributed by atoms with van der Waals surface area (Å²) in [5.41, 5.74) is 14.8. The number of rotatable bonds is 7. The molecule has 5 rings (SSSR count). The zero-order chi connectivity index (χ0) is 25.8.